The summed E-state index contributed by atoms with van der Waals surface area (Å²) in [5, 5.41) is 0. The summed E-state index contributed by atoms with van der Waals surface area (Å²) < 4.78 is 5.82. The van der Waals surface area contributed by atoms with Crippen molar-refractivity contribution >= 4 is 0 Å². The third kappa shape index (κ3) is 2.76. The van der Waals surface area contributed by atoms with Crippen molar-refractivity contribution in [3.8, 4) is 0 Å². The first kappa shape index (κ1) is 11.9. The Bertz CT molecular complexity index is 324. The van der Waals surface area contributed by atoms with Crippen LogP contribution in [0, 0.1) is 5.41 Å². The minimum atomic E-state index is 0.136. The third-order valence-electron chi connectivity index (χ3n) is 3.91. The predicted octanol–water partition coefficient (Wildman–Crippen LogP) is 4.25. The van der Waals surface area contributed by atoms with Gasteiger partial charge in [0.05, 0.1) is 11.7 Å². The zero-order valence-electron chi connectivity index (χ0n) is 11.0. The highest BCUT2D eigenvalue weighted by molar-refractivity contribution is 5.11. The Kier molecular flexibility index (Phi) is 3.00. The highest BCUT2D eigenvalue weighted by atomic mass is 16.6. The van der Waals surface area contributed by atoms with E-state index in [4.69, 9.17) is 4.74 Å². The fraction of sp³-hybridized carbons (Fsp3) is 0.733. The Morgan fingerprint density at radius 2 is 2.00 bits per heavy atom. The Labute approximate surface area is 99.6 Å². The number of fused-ring (bicyclic) bond motifs is 1. The first-order valence-corrected chi connectivity index (χ1v) is 6.42. The molecule has 1 saturated heterocycles. The highest BCUT2D eigenvalue weighted by Gasteiger charge is 2.50. The van der Waals surface area contributed by atoms with Crippen LogP contribution in [0.15, 0.2) is 23.8 Å². The van der Waals surface area contributed by atoms with Crippen LogP contribution in [-0.2, 0) is 4.74 Å². The van der Waals surface area contributed by atoms with Gasteiger partial charge in [-0.05, 0) is 44.9 Å². The van der Waals surface area contributed by atoms with Gasteiger partial charge in [0.25, 0.3) is 0 Å². The van der Waals surface area contributed by atoms with Crippen molar-refractivity contribution in [3.05, 3.63) is 23.8 Å². The molecule has 0 aromatic carbocycles. The molecule has 2 atom stereocenters. The van der Waals surface area contributed by atoms with Gasteiger partial charge in [0.1, 0.15) is 0 Å². The number of epoxide rings is 1. The number of ether oxygens (including phenoxy) is 1. The second-order valence-corrected chi connectivity index (χ2v) is 6.31. The Hall–Kier alpha value is -0.560. The molecular weight excluding hydrogens is 196 g/mol. The van der Waals surface area contributed by atoms with Gasteiger partial charge in [0.2, 0.25) is 0 Å². The van der Waals surface area contributed by atoms with E-state index in [0.29, 0.717) is 6.10 Å². The second-order valence-electron chi connectivity index (χ2n) is 6.31. The number of rotatable bonds is 0. The quantitative estimate of drug-likeness (QED) is 0.439. The minimum Gasteiger partial charge on any atom is -0.366 e. The van der Waals surface area contributed by atoms with Crippen molar-refractivity contribution in [3.63, 3.8) is 0 Å². The van der Waals surface area contributed by atoms with Crippen LogP contribution in [0.5, 0.6) is 0 Å². The molecule has 0 N–H and O–H groups in total. The van der Waals surface area contributed by atoms with Gasteiger partial charge in [-0.2, -0.15) is 0 Å². The normalized spacial score (nSPS) is 43.5. The Morgan fingerprint density at radius 1 is 1.25 bits per heavy atom. The first-order valence-electron chi connectivity index (χ1n) is 6.42. The van der Waals surface area contributed by atoms with Crippen molar-refractivity contribution in [1.82, 2.24) is 0 Å². The van der Waals surface area contributed by atoms with E-state index in [1.54, 1.807) is 0 Å². The zero-order chi connectivity index (χ0) is 11.8. The van der Waals surface area contributed by atoms with Crippen LogP contribution < -0.4 is 0 Å². The molecule has 2 aliphatic rings. The molecule has 1 heterocycles. The summed E-state index contributed by atoms with van der Waals surface area (Å²) in [7, 11) is 0. The van der Waals surface area contributed by atoms with E-state index in [2.05, 4.69) is 45.9 Å². The van der Waals surface area contributed by atoms with Crippen molar-refractivity contribution in [2.24, 2.45) is 5.41 Å². The summed E-state index contributed by atoms with van der Waals surface area (Å²) in [5.74, 6) is 0. The molecular formula is C15H24O. The lowest BCUT2D eigenvalue weighted by atomic mass is 9.87. The lowest BCUT2D eigenvalue weighted by Gasteiger charge is -2.18. The maximum Gasteiger partial charge on any atom is 0.0954 e. The average Bonchev–Trinajstić information content (AvgIpc) is 2.82. The van der Waals surface area contributed by atoms with Crippen LogP contribution in [0.2, 0.25) is 0 Å². The molecule has 0 radical (unpaired) electrons. The van der Waals surface area contributed by atoms with E-state index in [9.17, 15) is 0 Å². The summed E-state index contributed by atoms with van der Waals surface area (Å²) in [4.78, 5) is 0. The van der Waals surface area contributed by atoms with Gasteiger partial charge in [-0.1, -0.05) is 37.6 Å². The molecule has 0 bridgehead atoms. The SMILES string of the molecule is C/C1=C\CC(C)(C)/C=C\CC2(C)OC2CC1. The van der Waals surface area contributed by atoms with E-state index in [0.717, 1.165) is 12.8 Å². The number of hydrogen-bond acceptors (Lipinski definition) is 1. The summed E-state index contributed by atoms with van der Waals surface area (Å²) in [6.07, 6.45) is 12.2. The summed E-state index contributed by atoms with van der Waals surface area (Å²) in [6, 6.07) is 0. The standard InChI is InChI=1S/C15H24O/c1-12-6-7-13-15(4,16-13)10-5-9-14(2,3)11-8-12/h5,8-9,13H,6-7,10-11H2,1-4H3/b9-5-,12-8+. The van der Waals surface area contributed by atoms with Crippen LogP contribution >= 0.6 is 0 Å². The maximum absolute atomic E-state index is 5.82. The molecule has 2 rings (SSSR count). The molecule has 0 saturated carbocycles. The van der Waals surface area contributed by atoms with Gasteiger partial charge in [0.15, 0.2) is 0 Å². The molecule has 0 amide bonds. The van der Waals surface area contributed by atoms with Gasteiger partial charge in [-0.25, -0.2) is 0 Å². The Balaban J connectivity index is 2.11. The maximum atomic E-state index is 5.82. The average molecular weight is 220 g/mol. The lowest BCUT2D eigenvalue weighted by Crippen LogP contribution is -2.09. The van der Waals surface area contributed by atoms with Crippen molar-refractivity contribution < 1.29 is 4.74 Å². The molecule has 0 spiro atoms. The third-order valence-corrected chi connectivity index (χ3v) is 3.91. The van der Waals surface area contributed by atoms with Crippen LogP contribution in [-0.4, -0.2) is 11.7 Å². The summed E-state index contributed by atoms with van der Waals surface area (Å²) in [6.45, 7) is 9.10. The van der Waals surface area contributed by atoms with Crippen molar-refractivity contribution in [2.45, 2.75) is 65.1 Å². The summed E-state index contributed by atoms with van der Waals surface area (Å²) >= 11 is 0. The molecule has 90 valence electrons. The van der Waals surface area contributed by atoms with Crippen molar-refractivity contribution in [2.75, 3.05) is 0 Å². The smallest absolute Gasteiger partial charge is 0.0954 e. The molecule has 0 aromatic heterocycles. The minimum absolute atomic E-state index is 0.136. The molecule has 1 fully saturated rings. The fourth-order valence-electron chi connectivity index (χ4n) is 2.41. The molecule has 1 aliphatic heterocycles. The second kappa shape index (κ2) is 4.03. The van der Waals surface area contributed by atoms with Crippen LogP contribution in [0.1, 0.15) is 53.4 Å². The van der Waals surface area contributed by atoms with Crippen LogP contribution in [0.3, 0.4) is 0 Å². The van der Waals surface area contributed by atoms with E-state index >= 15 is 0 Å². The zero-order valence-corrected chi connectivity index (χ0v) is 11.0. The number of allylic oxidation sites excluding steroid dienone is 3. The summed E-state index contributed by atoms with van der Waals surface area (Å²) in [5.41, 5.74) is 1.94. The monoisotopic (exact) mass is 220 g/mol. The van der Waals surface area contributed by atoms with E-state index in [1.807, 2.05) is 0 Å². The van der Waals surface area contributed by atoms with Gasteiger partial charge in [-0.3, -0.25) is 0 Å². The van der Waals surface area contributed by atoms with E-state index in [-0.39, 0.29) is 11.0 Å². The number of hydrogen-bond donors (Lipinski definition) is 0. The van der Waals surface area contributed by atoms with E-state index < -0.39 is 0 Å². The topological polar surface area (TPSA) is 12.5 Å². The molecule has 2 unspecified atom stereocenters. The Morgan fingerprint density at radius 3 is 2.75 bits per heavy atom. The largest absolute Gasteiger partial charge is 0.366 e. The van der Waals surface area contributed by atoms with Crippen molar-refractivity contribution in [1.29, 1.82) is 0 Å². The highest BCUT2D eigenvalue weighted by Crippen LogP contribution is 2.43. The van der Waals surface area contributed by atoms with Crippen LogP contribution in [0.25, 0.3) is 0 Å². The van der Waals surface area contributed by atoms with Gasteiger partial charge < -0.3 is 4.74 Å². The molecule has 16 heavy (non-hydrogen) atoms. The fourth-order valence-corrected chi connectivity index (χ4v) is 2.41. The van der Waals surface area contributed by atoms with Crippen LogP contribution in [0.4, 0.5) is 0 Å². The van der Waals surface area contributed by atoms with Gasteiger partial charge in [-0.15, -0.1) is 0 Å². The predicted molar refractivity (Wildman–Crippen MR) is 68.4 cm³/mol. The van der Waals surface area contributed by atoms with Gasteiger partial charge in [0, 0.05) is 0 Å². The lowest BCUT2D eigenvalue weighted by molar-refractivity contribution is 0.306. The molecule has 1 aliphatic carbocycles. The molecule has 1 heteroatoms. The van der Waals surface area contributed by atoms with E-state index in [1.165, 1.54) is 18.4 Å². The molecule has 1 nitrogen and oxygen atoms in total. The van der Waals surface area contributed by atoms with Gasteiger partial charge >= 0.3 is 0 Å². The molecule has 0 aromatic rings. The first-order chi connectivity index (χ1) is 7.41.